The summed E-state index contributed by atoms with van der Waals surface area (Å²) in [5, 5.41) is 38.7. The van der Waals surface area contributed by atoms with Gasteiger partial charge in [-0.25, -0.2) is 9.97 Å². The Morgan fingerprint density at radius 2 is 2.10 bits per heavy atom. The minimum Gasteiger partial charge on any atom is -0.492 e. The lowest BCUT2D eigenvalue weighted by atomic mass is 10.1. The molecule has 1 saturated heterocycles. The number of aliphatic hydroxyl groups is 3. The van der Waals surface area contributed by atoms with E-state index in [2.05, 4.69) is 21.5 Å². The van der Waals surface area contributed by atoms with Crippen molar-refractivity contribution in [1.82, 2.24) is 19.5 Å². The van der Waals surface area contributed by atoms with Crippen molar-refractivity contribution in [2.75, 3.05) is 6.61 Å². The number of ether oxygens (including phenoxy) is 1. The van der Waals surface area contributed by atoms with E-state index < -0.39 is 31.1 Å². The maximum absolute atomic E-state index is 10.0. The third kappa shape index (κ3) is 2.07. The lowest BCUT2D eigenvalue weighted by Gasteiger charge is -2.16. The molecule has 0 aromatic carbocycles. The Morgan fingerprint density at radius 1 is 1.33 bits per heavy atom. The van der Waals surface area contributed by atoms with Gasteiger partial charge in [0.1, 0.15) is 18.3 Å². The molecule has 0 aliphatic carbocycles. The molecular formula is C12H14N4O5. The first-order chi connectivity index (χ1) is 10.1. The molecule has 3 rings (SSSR count). The molecule has 9 nitrogen and oxygen atoms in total. The molecule has 0 amide bonds. The fraction of sp³-hybridized carbons (Fsp3) is 0.417. The molecule has 0 unspecified atom stereocenters. The molecule has 3 heterocycles. The van der Waals surface area contributed by atoms with E-state index in [-0.39, 0.29) is 22.9 Å². The van der Waals surface area contributed by atoms with Crippen molar-refractivity contribution in [3.63, 3.8) is 0 Å². The second kappa shape index (κ2) is 5.04. The monoisotopic (exact) mass is 294 g/mol. The number of hydrogen-bond donors (Lipinski definition) is 4. The van der Waals surface area contributed by atoms with Crippen molar-refractivity contribution in [2.24, 2.45) is 0 Å². The lowest BCUT2D eigenvalue weighted by molar-refractivity contribution is -0.0511. The van der Waals surface area contributed by atoms with E-state index in [4.69, 9.17) is 9.84 Å². The van der Waals surface area contributed by atoms with Gasteiger partial charge < -0.3 is 25.2 Å². The van der Waals surface area contributed by atoms with Crippen molar-refractivity contribution in [2.45, 2.75) is 24.5 Å². The van der Waals surface area contributed by atoms with Crippen LogP contribution in [-0.2, 0) is 4.74 Å². The summed E-state index contributed by atoms with van der Waals surface area (Å²) in [4.78, 5) is 11.9. The molecule has 4 atom stereocenters. The third-order valence-corrected chi connectivity index (χ3v) is 3.39. The summed E-state index contributed by atoms with van der Waals surface area (Å²) in [6.07, 6.45) is -1.71. The van der Waals surface area contributed by atoms with Crippen LogP contribution in [0.1, 0.15) is 12.1 Å². The Morgan fingerprint density at radius 3 is 2.71 bits per heavy atom. The molecule has 0 spiro atoms. The fourth-order valence-electron chi connectivity index (χ4n) is 2.31. The van der Waals surface area contributed by atoms with E-state index in [1.54, 1.807) is 0 Å². The fourth-order valence-corrected chi connectivity index (χ4v) is 2.31. The zero-order valence-electron chi connectivity index (χ0n) is 10.9. The van der Waals surface area contributed by atoms with Crippen LogP contribution in [0.15, 0.2) is 12.9 Å². The Balaban J connectivity index is 2.09. The highest BCUT2D eigenvalue weighted by atomic mass is 16.6. The van der Waals surface area contributed by atoms with Crippen LogP contribution in [0.25, 0.3) is 17.2 Å². The first-order valence-electron chi connectivity index (χ1n) is 6.25. The van der Waals surface area contributed by atoms with E-state index in [1.807, 2.05) is 0 Å². The molecule has 1 aliphatic heterocycles. The van der Waals surface area contributed by atoms with Crippen LogP contribution in [0.4, 0.5) is 0 Å². The molecule has 21 heavy (non-hydrogen) atoms. The van der Waals surface area contributed by atoms with E-state index in [0.29, 0.717) is 0 Å². The third-order valence-electron chi connectivity index (χ3n) is 3.39. The van der Waals surface area contributed by atoms with Crippen molar-refractivity contribution < 1.29 is 25.2 Å². The van der Waals surface area contributed by atoms with Gasteiger partial charge in [-0.2, -0.15) is 4.98 Å². The SMILES string of the molecule is C=Cc1nc(O)c2ncn([C@@H]3O[C@H](CO)[C@@H](O)[C@H]3O)c2n1. The van der Waals surface area contributed by atoms with Gasteiger partial charge in [-0.15, -0.1) is 0 Å². The number of rotatable bonds is 3. The van der Waals surface area contributed by atoms with E-state index in [0.717, 1.165) is 0 Å². The summed E-state index contributed by atoms with van der Waals surface area (Å²) in [5.74, 6) is -0.131. The number of aromatic nitrogens is 4. The van der Waals surface area contributed by atoms with E-state index >= 15 is 0 Å². The highest BCUT2D eigenvalue weighted by Crippen LogP contribution is 2.32. The zero-order valence-corrected chi connectivity index (χ0v) is 10.9. The van der Waals surface area contributed by atoms with Gasteiger partial charge in [-0.1, -0.05) is 6.58 Å². The summed E-state index contributed by atoms with van der Waals surface area (Å²) >= 11 is 0. The van der Waals surface area contributed by atoms with Gasteiger partial charge in [-0.05, 0) is 6.08 Å². The van der Waals surface area contributed by atoms with Crippen LogP contribution >= 0.6 is 0 Å². The standard InChI is InChI=1S/C12H14N4O5/c1-2-6-14-10-7(11(20)15-6)13-4-16(10)12-9(19)8(18)5(3-17)21-12/h2,4-5,8-9,12,17-19H,1,3H2,(H,14,15,20)/t5-,8-,9-,12-/m1/s1. The number of imidazole rings is 1. The van der Waals surface area contributed by atoms with Crippen molar-refractivity contribution in [1.29, 1.82) is 0 Å². The number of hydrogen-bond acceptors (Lipinski definition) is 8. The minimum absolute atomic E-state index is 0.137. The van der Waals surface area contributed by atoms with Gasteiger partial charge in [0.15, 0.2) is 23.2 Å². The topological polar surface area (TPSA) is 134 Å². The van der Waals surface area contributed by atoms with Crippen LogP contribution in [0, 0.1) is 0 Å². The molecular weight excluding hydrogens is 280 g/mol. The Kier molecular flexibility index (Phi) is 3.33. The van der Waals surface area contributed by atoms with Gasteiger partial charge in [-0.3, -0.25) is 4.57 Å². The molecule has 1 aliphatic rings. The number of aliphatic hydroxyl groups excluding tert-OH is 3. The number of aromatic hydroxyl groups is 1. The van der Waals surface area contributed by atoms with Crippen LogP contribution < -0.4 is 0 Å². The molecule has 2 aromatic rings. The maximum atomic E-state index is 10.0. The van der Waals surface area contributed by atoms with Crippen molar-refractivity contribution in [3.05, 3.63) is 18.7 Å². The van der Waals surface area contributed by atoms with Gasteiger partial charge in [0.05, 0.1) is 12.9 Å². The number of fused-ring (bicyclic) bond motifs is 1. The van der Waals surface area contributed by atoms with Crippen LogP contribution in [0.2, 0.25) is 0 Å². The van der Waals surface area contributed by atoms with Crippen LogP contribution in [0.3, 0.4) is 0 Å². The summed E-state index contributed by atoms with van der Waals surface area (Å²) in [7, 11) is 0. The van der Waals surface area contributed by atoms with Gasteiger partial charge in [0.2, 0.25) is 5.88 Å². The molecule has 0 bridgehead atoms. The summed E-state index contributed by atoms with van der Waals surface area (Å²) in [6.45, 7) is 3.09. The van der Waals surface area contributed by atoms with Gasteiger partial charge >= 0.3 is 0 Å². The Bertz CT molecular complexity index is 688. The number of nitrogens with zero attached hydrogens (tertiary/aromatic N) is 4. The van der Waals surface area contributed by atoms with E-state index in [1.165, 1.54) is 17.0 Å². The molecule has 9 heteroatoms. The molecule has 112 valence electrons. The second-order valence-electron chi connectivity index (χ2n) is 4.66. The predicted octanol–water partition coefficient (Wildman–Crippen LogP) is -1.21. The molecule has 2 aromatic heterocycles. The Hall–Kier alpha value is -2.07. The normalized spacial score (nSPS) is 29.1. The second-order valence-corrected chi connectivity index (χ2v) is 4.66. The zero-order chi connectivity index (χ0) is 15.1. The van der Waals surface area contributed by atoms with Crippen LogP contribution in [-0.4, -0.2) is 64.9 Å². The quantitative estimate of drug-likeness (QED) is 0.554. The first-order valence-corrected chi connectivity index (χ1v) is 6.25. The molecule has 0 saturated carbocycles. The van der Waals surface area contributed by atoms with Crippen molar-refractivity contribution in [3.8, 4) is 5.88 Å². The summed E-state index contributed by atoms with van der Waals surface area (Å²) < 4.78 is 6.77. The molecule has 0 radical (unpaired) electrons. The van der Waals surface area contributed by atoms with Gasteiger partial charge in [0, 0.05) is 0 Å². The molecule has 4 N–H and O–H groups in total. The lowest BCUT2D eigenvalue weighted by Crippen LogP contribution is -2.33. The molecule has 1 fully saturated rings. The maximum Gasteiger partial charge on any atom is 0.243 e. The summed E-state index contributed by atoms with van der Waals surface area (Å²) in [6, 6.07) is 0. The van der Waals surface area contributed by atoms with Gasteiger partial charge in [0.25, 0.3) is 0 Å². The minimum atomic E-state index is -1.26. The average molecular weight is 294 g/mol. The Labute approximate surface area is 118 Å². The van der Waals surface area contributed by atoms with E-state index in [9.17, 15) is 15.3 Å². The smallest absolute Gasteiger partial charge is 0.243 e. The van der Waals surface area contributed by atoms with Crippen molar-refractivity contribution >= 4 is 17.2 Å². The predicted molar refractivity (Wildman–Crippen MR) is 70.1 cm³/mol. The van der Waals surface area contributed by atoms with Crippen LogP contribution in [0.5, 0.6) is 5.88 Å². The highest BCUT2D eigenvalue weighted by Gasteiger charge is 2.44. The summed E-state index contributed by atoms with van der Waals surface area (Å²) in [5.41, 5.74) is 0.366. The highest BCUT2D eigenvalue weighted by molar-refractivity contribution is 5.77. The first kappa shape index (κ1) is 13.9. The average Bonchev–Trinajstić information content (AvgIpc) is 3.02. The largest absolute Gasteiger partial charge is 0.492 e.